The number of hydrogen-bond donors (Lipinski definition) is 2. The van der Waals surface area contributed by atoms with Crippen LogP contribution in [0.15, 0.2) is 40.1 Å². The van der Waals surface area contributed by atoms with E-state index >= 15 is 0 Å². The van der Waals surface area contributed by atoms with E-state index < -0.39 is 17.2 Å². The third-order valence-electron chi connectivity index (χ3n) is 3.34. The quantitative estimate of drug-likeness (QED) is 0.745. The van der Waals surface area contributed by atoms with Crippen molar-refractivity contribution in [3.8, 4) is 5.69 Å². The van der Waals surface area contributed by atoms with Crippen LogP contribution in [0.3, 0.4) is 0 Å². The molecule has 0 atom stereocenters. The summed E-state index contributed by atoms with van der Waals surface area (Å²) < 4.78 is 2.31. The number of carboxylic acid groups (broad SMARTS) is 1. The van der Waals surface area contributed by atoms with Gasteiger partial charge in [-0.2, -0.15) is 0 Å². The summed E-state index contributed by atoms with van der Waals surface area (Å²) in [4.78, 5) is 38.4. The Morgan fingerprint density at radius 2 is 1.86 bits per heavy atom. The molecule has 112 valence electrons. The summed E-state index contributed by atoms with van der Waals surface area (Å²) in [5.74, 6) is -1.22. The van der Waals surface area contributed by atoms with Gasteiger partial charge in [-0.15, -0.1) is 0 Å². The lowest BCUT2D eigenvalue weighted by molar-refractivity contribution is 0.0698. The van der Waals surface area contributed by atoms with Gasteiger partial charge in [-0.05, 0) is 24.3 Å². The maximum absolute atomic E-state index is 12.6. The Hall–Kier alpha value is -2.80. The number of hydrogen-bond acceptors (Lipinski definition) is 3. The van der Waals surface area contributed by atoms with E-state index in [2.05, 4.69) is 4.98 Å². The van der Waals surface area contributed by atoms with E-state index in [0.29, 0.717) is 10.7 Å². The maximum Gasteiger partial charge on any atom is 0.339 e. The minimum absolute atomic E-state index is 0.00946. The molecular formula is C14H10ClN3O4. The first-order valence-corrected chi connectivity index (χ1v) is 6.61. The predicted molar refractivity (Wildman–Crippen MR) is 81.1 cm³/mol. The molecule has 1 aromatic carbocycles. The highest BCUT2D eigenvalue weighted by Gasteiger charge is 2.19. The van der Waals surface area contributed by atoms with Gasteiger partial charge in [0.2, 0.25) is 0 Å². The molecule has 0 radical (unpaired) electrons. The summed E-state index contributed by atoms with van der Waals surface area (Å²) in [6.07, 6.45) is 1.29. The molecule has 0 amide bonds. The Morgan fingerprint density at radius 1 is 1.23 bits per heavy atom. The molecule has 0 unspecified atom stereocenters. The second-order valence-corrected chi connectivity index (χ2v) is 5.17. The molecule has 2 aromatic heterocycles. The number of nitrogens with zero attached hydrogens (tertiary/aromatic N) is 2. The molecule has 3 aromatic rings. The summed E-state index contributed by atoms with van der Waals surface area (Å²) in [5, 5.41) is 9.61. The normalized spacial score (nSPS) is 11.0. The fourth-order valence-corrected chi connectivity index (χ4v) is 2.48. The van der Waals surface area contributed by atoms with Gasteiger partial charge in [0, 0.05) is 18.3 Å². The number of aromatic amines is 1. The molecule has 0 aliphatic heterocycles. The number of nitrogens with one attached hydrogen (secondary N) is 1. The number of aryl methyl sites for hydroxylation is 1. The maximum atomic E-state index is 12.6. The van der Waals surface area contributed by atoms with Crippen LogP contribution in [0.2, 0.25) is 5.02 Å². The summed E-state index contributed by atoms with van der Waals surface area (Å²) in [7, 11) is 1.54. The third kappa shape index (κ3) is 2.03. The minimum atomic E-state index is -1.22. The van der Waals surface area contributed by atoms with E-state index in [0.717, 1.165) is 4.57 Å². The van der Waals surface area contributed by atoms with Crippen molar-refractivity contribution in [1.82, 2.24) is 14.1 Å². The molecule has 2 heterocycles. The van der Waals surface area contributed by atoms with Crippen molar-refractivity contribution in [1.29, 1.82) is 0 Å². The minimum Gasteiger partial charge on any atom is -0.478 e. The molecule has 7 nitrogen and oxygen atoms in total. The van der Waals surface area contributed by atoms with Gasteiger partial charge in [-0.25, -0.2) is 14.2 Å². The van der Waals surface area contributed by atoms with Crippen LogP contribution in [0.4, 0.5) is 0 Å². The molecule has 2 N–H and O–H groups in total. The smallest absolute Gasteiger partial charge is 0.339 e. The molecular weight excluding hydrogens is 310 g/mol. The second-order valence-electron chi connectivity index (χ2n) is 4.73. The van der Waals surface area contributed by atoms with Gasteiger partial charge < -0.3 is 14.7 Å². The van der Waals surface area contributed by atoms with Crippen molar-refractivity contribution < 1.29 is 9.90 Å². The monoisotopic (exact) mass is 319 g/mol. The van der Waals surface area contributed by atoms with Crippen molar-refractivity contribution in [2.45, 2.75) is 0 Å². The summed E-state index contributed by atoms with van der Waals surface area (Å²) >= 11 is 5.79. The van der Waals surface area contributed by atoms with Gasteiger partial charge in [0.05, 0.1) is 11.2 Å². The van der Waals surface area contributed by atoms with Gasteiger partial charge in [0.25, 0.3) is 5.56 Å². The first-order valence-electron chi connectivity index (χ1n) is 6.23. The second kappa shape index (κ2) is 4.88. The van der Waals surface area contributed by atoms with Crippen LogP contribution < -0.4 is 11.2 Å². The number of carboxylic acids is 1. The summed E-state index contributed by atoms with van der Waals surface area (Å²) in [6.45, 7) is 0. The molecule has 0 aliphatic carbocycles. The van der Waals surface area contributed by atoms with E-state index in [-0.39, 0.29) is 16.6 Å². The lowest BCUT2D eigenvalue weighted by Crippen LogP contribution is -2.34. The van der Waals surface area contributed by atoms with Crippen LogP contribution in [0.25, 0.3) is 16.7 Å². The summed E-state index contributed by atoms with van der Waals surface area (Å²) in [6, 6.07) is 6.18. The van der Waals surface area contributed by atoms with E-state index in [9.17, 15) is 14.4 Å². The van der Waals surface area contributed by atoms with Gasteiger partial charge in [0.15, 0.2) is 0 Å². The van der Waals surface area contributed by atoms with Crippen molar-refractivity contribution >= 4 is 28.6 Å². The number of H-pyrrole nitrogens is 1. The Balaban J connectivity index is 2.42. The number of benzene rings is 1. The van der Waals surface area contributed by atoms with Crippen LogP contribution >= 0.6 is 11.6 Å². The molecule has 0 saturated heterocycles. The van der Waals surface area contributed by atoms with E-state index in [1.807, 2.05) is 0 Å². The lowest BCUT2D eigenvalue weighted by Gasteiger charge is -2.05. The number of carbonyl (C=O) groups is 1. The average Bonchev–Trinajstić information content (AvgIpc) is 2.78. The van der Waals surface area contributed by atoms with Gasteiger partial charge in [-0.1, -0.05) is 11.6 Å². The van der Waals surface area contributed by atoms with Gasteiger partial charge in [0.1, 0.15) is 11.1 Å². The largest absolute Gasteiger partial charge is 0.478 e. The SMILES string of the molecule is Cn1cc(C(=O)O)c2[nH]c(=O)n(-c3ccc(Cl)cc3)c(=O)c21. The van der Waals surface area contributed by atoms with E-state index in [1.54, 1.807) is 19.2 Å². The lowest BCUT2D eigenvalue weighted by atomic mass is 10.3. The zero-order valence-electron chi connectivity index (χ0n) is 11.3. The molecule has 0 aliphatic rings. The number of aromatic carboxylic acids is 1. The van der Waals surface area contributed by atoms with Crippen molar-refractivity contribution in [3.05, 3.63) is 61.9 Å². The van der Waals surface area contributed by atoms with Crippen LogP contribution in [0, 0.1) is 0 Å². The zero-order chi connectivity index (χ0) is 16.0. The van der Waals surface area contributed by atoms with Crippen molar-refractivity contribution in [2.75, 3.05) is 0 Å². The highest BCUT2D eigenvalue weighted by molar-refractivity contribution is 6.30. The van der Waals surface area contributed by atoms with Crippen LogP contribution in [-0.4, -0.2) is 25.2 Å². The zero-order valence-corrected chi connectivity index (χ0v) is 12.1. The van der Waals surface area contributed by atoms with Crippen LogP contribution in [0.5, 0.6) is 0 Å². The number of aromatic nitrogens is 3. The third-order valence-corrected chi connectivity index (χ3v) is 3.59. The average molecular weight is 320 g/mol. The molecule has 22 heavy (non-hydrogen) atoms. The fraction of sp³-hybridized carbons (Fsp3) is 0.0714. The first kappa shape index (κ1) is 14.2. The predicted octanol–water partition coefficient (Wildman–Crippen LogP) is 1.37. The standard InChI is InChI=1S/C14H10ClN3O4/c1-17-6-9(13(20)21)10-11(17)12(19)18(14(22)16-10)8-4-2-7(15)3-5-8/h2-6H,1H3,(H,16,22)(H,20,21). The molecule has 0 fully saturated rings. The number of rotatable bonds is 2. The van der Waals surface area contributed by atoms with E-state index in [4.69, 9.17) is 16.7 Å². The Morgan fingerprint density at radius 3 is 2.45 bits per heavy atom. The Labute approximate surface area is 128 Å². The molecule has 0 spiro atoms. The van der Waals surface area contributed by atoms with Gasteiger partial charge >= 0.3 is 11.7 Å². The molecule has 3 rings (SSSR count). The highest BCUT2D eigenvalue weighted by Crippen LogP contribution is 2.15. The highest BCUT2D eigenvalue weighted by atomic mass is 35.5. The fourth-order valence-electron chi connectivity index (χ4n) is 2.36. The van der Waals surface area contributed by atoms with E-state index in [1.165, 1.54) is 22.9 Å². The number of halogens is 1. The number of fused-ring (bicyclic) bond motifs is 1. The van der Waals surface area contributed by atoms with Crippen LogP contribution in [0.1, 0.15) is 10.4 Å². The van der Waals surface area contributed by atoms with Gasteiger partial charge in [-0.3, -0.25) is 4.79 Å². The first-order chi connectivity index (χ1) is 10.4. The molecule has 0 saturated carbocycles. The van der Waals surface area contributed by atoms with Crippen LogP contribution in [-0.2, 0) is 7.05 Å². The Bertz CT molecular complexity index is 1010. The van der Waals surface area contributed by atoms with Crippen molar-refractivity contribution in [2.24, 2.45) is 7.05 Å². The summed E-state index contributed by atoms with van der Waals surface area (Å²) in [5.41, 5.74) is -0.989. The Kier molecular flexibility index (Phi) is 3.14. The van der Waals surface area contributed by atoms with Crippen molar-refractivity contribution in [3.63, 3.8) is 0 Å². The topological polar surface area (TPSA) is 97.1 Å². The molecule has 8 heteroatoms. The molecule has 0 bridgehead atoms.